The van der Waals surface area contributed by atoms with Crippen LogP contribution in [0.15, 0.2) is 60.7 Å². The third-order valence-electron chi connectivity index (χ3n) is 7.67. The molecule has 0 unspecified atom stereocenters. The van der Waals surface area contributed by atoms with Gasteiger partial charge in [0.1, 0.15) is 6.61 Å². The van der Waals surface area contributed by atoms with E-state index in [1.165, 1.54) is 34.4 Å². The smallest absolute Gasteiger partial charge is 0.407 e. The zero-order valence-corrected chi connectivity index (χ0v) is 28.0. The molecular formula is C36H48N2O11. The highest BCUT2D eigenvalue weighted by Crippen LogP contribution is 2.44. The fourth-order valence-electron chi connectivity index (χ4n) is 5.24. The van der Waals surface area contributed by atoms with Crippen molar-refractivity contribution in [2.75, 3.05) is 112 Å². The van der Waals surface area contributed by atoms with E-state index in [4.69, 9.17) is 37.9 Å². The van der Waals surface area contributed by atoms with Gasteiger partial charge in [0.2, 0.25) is 0 Å². The van der Waals surface area contributed by atoms with E-state index in [1.54, 1.807) is 0 Å². The molecule has 13 nitrogen and oxygen atoms in total. The summed E-state index contributed by atoms with van der Waals surface area (Å²) in [6, 6.07) is 16.5. The van der Waals surface area contributed by atoms with Gasteiger partial charge in [-0.2, -0.15) is 0 Å². The molecule has 0 spiro atoms. The van der Waals surface area contributed by atoms with Crippen LogP contribution in [0.3, 0.4) is 0 Å². The van der Waals surface area contributed by atoms with Crippen LogP contribution in [0.25, 0.3) is 11.1 Å². The summed E-state index contributed by atoms with van der Waals surface area (Å²) in [5.74, 6) is -0.573. The second kappa shape index (κ2) is 22.9. The molecule has 0 saturated carbocycles. The zero-order chi connectivity index (χ0) is 34.4. The highest BCUT2D eigenvalue weighted by molar-refractivity contribution is 6.12. The van der Waals surface area contributed by atoms with Gasteiger partial charge in [-0.3, -0.25) is 14.5 Å². The van der Waals surface area contributed by atoms with Crippen molar-refractivity contribution < 1.29 is 52.3 Å². The maximum Gasteiger partial charge on any atom is 0.407 e. The summed E-state index contributed by atoms with van der Waals surface area (Å²) in [5, 5.41) is 2.80. The third kappa shape index (κ3) is 13.6. The quantitative estimate of drug-likeness (QED) is 0.110. The minimum absolute atomic E-state index is 0.0451. The molecule has 0 radical (unpaired) electrons. The van der Waals surface area contributed by atoms with Gasteiger partial charge < -0.3 is 43.2 Å². The van der Waals surface area contributed by atoms with Gasteiger partial charge in [0, 0.05) is 31.2 Å². The Morgan fingerprint density at radius 1 is 0.571 bits per heavy atom. The molecule has 2 aliphatic rings. The van der Waals surface area contributed by atoms with Gasteiger partial charge >= 0.3 is 6.09 Å². The van der Waals surface area contributed by atoms with Crippen LogP contribution in [0.5, 0.6) is 0 Å². The number of benzene rings is 2. The van der Waals surface area contributed by atoms with Crippen molar-refractivity contribution in [2.45, 2.75) is 12.3 Å². The first kappa shape index (κ1) is 38.1. The van der Waals surface area contributed by atoms with Crippen LogP contribution in [-0.2, 0) is 47.5 Å². The average Bonchev–Trinajstić information content (AvgIpc) is 3.62. The average molecular weight is 685 g/mol. The number of amides is 3. The fraction of sp³-hybridized carbons (Fsp3) is 0.528. The highest BCUT2D eigenvalue weighted by Gasteiger charge is 2.29. The molecule has 2 aromatic carbocycles. The maximum atomic E-state index is 12.2. The van der Waals surface area contributed by atoms with Crippen LogP contribution in [0.1, 0.15) is 23.5 Å². The molecule has 1 heterocycles. The number of carbonyl (C=O) groups excluding carboxylic acids is 3. The van der Waals surface area contributed by atoms with Crippen molar-refractivity contribution in [1.82, 2.24) is 10.2 Å². The van der Waals surface area contributed by atoms with E-state index >= 15 is 0 Å². The number of hydrogen-bond acceptors (Lipinski definition) is 11. The molecule has 4 rings (SSSR count). The van der Waals surface area contributed by atoms with Crippen molar-refractivity contribution >= 4 is 17.9 Å². The van der Waals surface area contributed by atoms with Crippen LogP contribution in [0.4, 0.5) is 4.79 Å². The summed E-state index contributed by atoms with van der Waals surface area (Å²) >= 11 is 0. The molecule has 2 aromatic rings. The minimum atomic E-state index is -0.422. The molecule has 0 aromatic heterocycles. The van der Waals surface area contributed by atoms with E-state index in [1.807, 2.05) is 24.3 Å². The molecular weight excluding hydrogens is 636 g/mol. The van der Waals surface area contributed by atoms with Gasteiger partial charge in [-0.05, 0) is 28.7 Å². The van der Waals surface area contributed by atoms with Gasteiger partial charge in [-0.15, -0.1) is 0 Å². The molecule has 1 N–H and O–H groups in total. The molecule has 13 heteroatoms. The van der Waals surface area contributed by atoms with E-state index in [9.17, 15) is 14.4 Å². The number of hydrogen-bond donors (Lipinski definition) is 1. The van der Waals surface area contributed by atoms with Crippen LogP contribution >= 0.6 is 0 Å². The Hall–Kier alpha value is -3.69. The maximum absolute atomic E-state index is 12.2. The molecule has 1 aliphatic carbocycles. The lowest BCUT2D eigenvalue weighted by Gasteiger charge is -2.14. The largest absolute Gasteiger partial charge is 0.449 e. The Morgan fingerprint density at radius 3 is 1.45 bits per heavy atom. The van der Waals surface area contributed by atoms with Crippen molar-refractivity contribution in [2.24, 2.45) is 0 Å². The predicted octanol–water partition coefficient (Wildman–Crippen LogP) is 2.96. The fourth-order valence-corrected chi connectivity index (χ4v) is 5.24. The lowest BCUT2D eigenvalue weighted by atomic mass is 9.98. The number of nitrogens with one attached hydrogen (secondary N) is 1. The van der Waals surface area contributed by atoms with Crippen LogP contribution in [0, 0.1) is 0 Å². The van der Waals surface area contributed by atoms with Crippen molar-refractivity contribution in [3.63, 3.8) is 0 Å². The SMILES string of the molecule is O=C(NCCCOCCOCCOCCOCCOCCOCCOCCN1C(=O)C=CC1=O)OCC1c2ccccc2-c2ccccc21. The normalized spacial score (nSPS) is 13.7. The van der Waals surface area contributed by atoms with Gasteiger partial charge in [0.25, 0.3) is 11.8 Å². The third-order valence-corrected chi connectivity index (χ3v) is 7.67. The zero-order valence-electron chi connectivity index (χ0n) is 28.0. The Bertz CT molecular complexity index is 1260. The van der Waals surface area contributed by atoms with E-state index < -0.39 is 6.09 Å². The van der Waals surface area contributed by atoms with Gasteiger partial charge in [-0.25, -0.2) is 4.79 Å². The summed E-state index contributed by atoms with van der Waals surface area (Å²) in [4.78, 5) is 36.2. The Morgan fingerprint density at radius 2 is 0.980 bits per heavy atom. The molecule has 3 amide bonds. The van der Waals surface area contributed by atoms with Crippen molar-refractivity contribution in [3.8, 4) is 11.1 Å². The first-order valence-electron chi connectivity index (χ1n) is 16.8. The second-order valence-electron chi connectivity index (χ2n) is 11.1. The summed E-state index contributed by atoms with van der Waals surface area (Å²) in [7, 11) is 0. The van der Waals surface area contributed by atoms with Crippen LogP contribution in [-0.4, -0.2) is 135 Å². The lowest BCUT2D eigenvalue weighted by molar-refractivity contribution is -0.137. The number of nitrogens with zero attached hydrogens (tertiary/aromatic N) is 1. The summed E-state index contributed by atoms with van der Waals surface area (Å²) in [6.07, 6.45) is 2.76. The Labute approximate surface area is 287 Å². The second-order valence-corrected chi connectivity index (χ2v) is 11.1. The molecule has 49 heavy (non-hydrogen) atoms. The monoisotopic (exact) mass is 684 g/mol. The topological polar surface area (TPSA) is 140 Å². The molecule has 1 aliphatic heterocycles. The van der Waals surface area contributed by atoms with Gasteiger partial charge in [0.05, 0.1) is 92.4 Å². The predicted molar refractivity (Wildman–Crippen MR) is 179 cm³/mol. The number of imide groups is 1. The van der Waals surface area contributed by atoms with Crippen LogP contribution in [0.2, 0.25) is 0 Å². The minimum Gasteiger partial charge on any atom is -0.449 e. The Kier molecular flexibility index (Phi) is 17.8. The Balaban J connectivity index is 0.830. The van der Waals surface area contributed by atoms with E-state index in [-0.39, 0.29) is 30.9 Å². The lowest BCUT2D eigenvalue weighted by Crippen LogP contribution is -2.33. The van der Waals surface area contributed by atoms with Gasteiger partial charge in [0.15, 0.2) is 0 Å². The van der Waals surface area contributed by atoms with Crippen molar-refractivity contribution in [3.05, 3.63) is 71.8 Å². The highest BCUT2D eigenvalue weighted by atomic mass is 16.6. The molecule has 0 saturated heterocycles. The summed E-state index contributed by atoms with van der Waals surface area (Å²) < 4.78 is 43.8. The standard InChI is InChI=1S/C36H48N2O11/c39-34-10-11-35(40)38(34)13-15-43-17-19-45-21-23-47-25-27-48-26-24-46-22-20-44-18-16-42-14-5-12-37-36(41)49-28-33-31-8-3-1-6-29(31)30-7-2-4-9-32(30)33/h1-4,6-11,33H,5,12-28H2,(H,37,41). The van der Waals surface area contributed by atoms with E-state index in [0.717, 1.165) is 4.90 Å². The number of alkyl carbamates (subject to hydrolysis) is 1. The van der Waals surface area contributed by atoms with E-state index in [2.05, 4.69) is 29.6 Å². The number of fused-ring (bicyclic) bond motifs is 3. The first-order valence-corrected chi connectivity index (χ1v) is 16.8. The first-order chi connectivity index (χ1) is 24.1. The van der Waals surface area contributed by atoms with Crippen molar-refractivity contribution in [1.29, 1.82) is 0 Å². The van der Waals surface area contributed by atoms with E-state index in [0.29, 0.717) is 105 Å². The van der Waals surface area contributed by atoms with Gasteiger partial charge in [-0.1, -0.05) is 48.5 Å². The molecule has 268 valence electrons. The van der Waals surface area contributed by atoms with Crippen LogP contribution < -0.4 is 5.32 Å². The number of ether oxygens (including phenoxy) is 8. The molecule has 0 fully saturated rings. The summed E-state index contributed by atoms with van der Waals surface area (Å²) in [6.45, 7) is 7.18. The number of rotatable bonds is 27. The number of carbonyl (C=O) groups is 3. The molecule has 0 bridgehead atoms. The summed E-state index contributed by atoms with van der Waals surface area (Å²) in [5.41, 5.74) is 4.79. The molecule has 0 atom stereocenters.